The summed E-state index contributed by atoms with van der Waals surface area (Å²) < 4.78 is 0. The summed E-state index contributed by atoms with van der Waals surface area (Å²) in [6.45, 7) is 1.73. The lowest BCUT2D eigenvalue weighted by Crippen LogP contribution is -2.35. The van der Waals surface area contributed by atoms with Crippen molar-refractivity contribution in [2.24, 2.45) is 0 Å². The molecule has 4 nitrogen and oxygen atoms in total. The second kappa shape index (κ2) is 5.04. The van der Waals surface area contributed by atoms with Gasteiger partial charge in [0, 0.05) is 18.7 Å². The summed E-state index contributed by atoms with van der Waals surface area (Å²) in [7, 11) is 0. The van der Waals surface area contributed by atoms with Crippen LogP contribution in [0.4, 0.5) is 5.13 Å². The van der Waals surface area contributed by atoms with Crippen LogP contribution in [0, 0.1) is 0 Å². The topological polar surface area (TPSA) is 49.2 Å². The van der Waals surface area contributed by atoms with E-state index in [0.29, 0.717) is 0 Å². The van der Waals surface area contributed by atoms with E-state index < -0.39 is 0 Å². The van der Waals surface area contributed by atoms with Gasteiger partial charge in [-0.25, -0.2) is 0 Å². The highest BCUT2D eigenvalue weighted by molar-refractivity contribution is 7.18. The van der Waals surface area contributed by atoms with Crippen molar-refractivity contribution in [3.63, 3.8) is 0 Å². The molecule has 1 N–H and O–H groups in total. The van der Waals surface area contributed by atoms with Crippen LogP contribution in [0.3, 0.4) is 0 Å². The second-order valence-electron chi connectivity index (χ2n) is 4.47. The van der Waals surface area contributed by atoms with Gasteiger partial charge in [-0.15, -0.1) is 10.2 Å². The first kappa shape index (κ1) is 11.6. The molecule has 1 saturated heterocycles. The molecule has 0 atom stereocenters. The number of piperidine rings is 1. The van der Waals surface area contributed by atoms with Crippen LogP contribution in [-0.2, 0) is 0 Å². The summed E-state index contributed by atoms with van der Waals surface area (Å²) in [5.41, 5.74) is 1.11. The molecule has 0 unspecified atom stereocenters. The van der Waals surface area contributed by atoms with Gasteiger partial charge in [0.2, 0.25) is 5.13 Å². The molecule has 3 rings (SSSR count). The van der Waals surface area contributed by atoms with Crippen molar-refractivity contribution in [1.29, 1.82) is 0 Å². The summed E-state index contributed by atoms with van der Waals surface area (Å²) in [5.74, 6) is 0. The van der Waals surface area contributed by atoms with Crippen LogP contribution in [0.15, 0.2) is 30.3 Å². The fourth-order valence-corrected chi connectivity index (χ4v) is 3.00. The van der Waals surface area contributed by atoms with E-state index in [1.807, 2.05) is 30.3 Å². The molecule has 2 aromatic rings. The molecule has 0 spiro atoms. The van der Waals surface area contributed by atoms with Crippen molar-refractivity contribution < 1.29 is 5.11 Å². The molecular formula is C13H15N3OS. The van der Waals surface area contributed by atoms with E-state index in [4.69, 9.17) is 0 Å². The van der Waals surface area contributed by atoms with Gasteiger partial charge in [-0.3, -0.25) is 0 Å². The molecule has 1 aromatic heterocycles. The predicted molar refractivity (Wildman–Crippen MR) is 72.8 cm³/mol. The number of benzene rings is 1. The highest BCUT2D eigenvalue weighted by Gasteiger charge is 2.20. The first-order valence-electron chi connectivity index (χ1n) is 6.15. The van der Waals surface area contributed by atoms with Gasteiger partial charge >= 0.3 is 0 Å². The number of anilines is 1. The summed E-state index contributed by atoms with van der Waals surface area (Å²) in [6.07, 6.45) is 1.49. The van der Waals surface area contributed by atoms with Gasteiger partial charge in [0.25, 0.3) is 0 Å². The van der Waals surface area contributed by atoms with E-state index in [2.05, 4.69) is 15.1 Å². The normalized spacial score (nSPS) is 17.1. The Hall–Kier alpha value is -1.46. The lowest BCUT2D eigenvalue weighted by molar-refractivity contribution is 0.145. The molecule has 0 radical (unpaired) electrons. The largest absolute Gasteiger partial charge is 0.393 e. The first-order chi connectivity index (χ1) is 8.83. The van der Waals surface area contributed by atoms with Crippen molar-refractivity contribution in [2.45, 2.75) is 18.9 Å². The van der Waals surface area contributed by atoms with Crippen LogP contribution in [0.2, 0.25) is 0 Å². The SMILES string of the molecule is OC1CCN(c2nnc(-c3ccccc3)s2)CC1. The van der Waals surface area contributed by atoms with Gasteiger partial charge < -0.3 is 10.0 Å². The number of aromatic nitrogens is 2. The monoisotopic (exact) mass is 261 g/mol. The number of aliphatic hydroxyl groups is 1. The van der Waals surface area contributed by atoms with E-state index in [1.54, 1.807) is 11.3 Å². The van der Waals surface area contributed by atoms with Crippen LogP contribution in [-0.4, -0.2) is 34.5 Å². The fourth-order valence-electron chi connectivity index (χ4n) is 2.10. The average Bonchev–Trinajstić information content (AvgIpc) is 2.90. The Morgan fingerprint density at radius 2 is 1.83 bits per heavy atom. The maximum absolute atomic E-state index is 9.50. The smallest absolute Gasteiger partial charge is 0.208 e. The third-order valence-electron chi connectivity index (χ3n) is 3.17. The van der Waals surface area contributed by atoms with E-state index in [0.717, 1.165) is 41.6 Å². The van der Waals surface area contributed by atoms with Gasteiger partial charge in [0.1, 0.15) is 5.01 Å². The van der Waals surface area contributed by atoms with Crippen LogP contribution >= 0.6 is 11.3 Å². The van der Waals surface area contributed by atoms with Crippen molar-refractivity contribution in [3.05, 3.63) is 30.3 Å². The van der Waals surface area contributed by atoms with Crippen LogP contribution in [0.25, 0.3) is 10.6 Å². The maximum Gasteiger partial charge on any atom is 0.208 e. The maximum atomic E-state index is 9.50. The van der Waals surface area contributed by atoms with E-state index in [-0.39, 0.29) is 6.10 Å². The lowest BCUT2D eigenvalue weighted by Gasteiger charge is -2.28. The minimum Gasteiger partial charge on any atom is -0.393 e. The molecule has 1 fully saturated rings. The highest BCUT2D eigenvalue weighted by atomic mass is 32.1. The lowest BCUT2D eigenvalue weighted by atomic mass is 10.1. The summed E-state index contributed by atoms with van der Waals surface area (Å²) in [6, 6.07) is 10.1. The molecule has 0 aliphatic carbocycles. The van der Waals surface area contributed by atoms with Crippen molar-refractivity contribution >= 4 is 16.5 Å². The molecule has 1 aliphatic rings. The molecule has 1 aromatic carbocycles. The summed E-state index contributed by atoms with van der Waals surface area (Å²) in [4.78, 5) is 2.21. The Balaban J connectivity index is 1.78. The predicted octanol–water partition coefficient (Wildman–Crippen LogP) is 2.17. The first-order valence-corrected chi connectivity index (χ1v) is 6.96. The molecule has 1 aliphatic heterocycles. The van der Waals surface area contributed by atoms with Gasteiger partial charge in [-0.2, -0.15) is 0 Å². The molecule has 94 valence electrons. The summed E-state index contributed by atoms with van der Waals surface area (Å²) >= 11 is 1.62. The Morgan fingerprint density at radius 1 is 1.11 bits per heavy atom. The third kappa shape index (κ3) is 2.37. The molecule has 18 heavy (non-hydrogen) atoms. The Bertz CT molecular complexity index is 506. The average molecular weight is 261 g/mol. The van der Waals surface area contributed by atoms with E-state index >= 15 is 0 Å². The minimum absolute atomic E-state index is 0.150. The Kier molecular flexibility index (Phi) is 3.25. The van der Waals surface area contributed by atoms with Crippen LogP contribution in [0.5, 0.6) is 0 Å². The van der Waals surface area contributed by atoms with Gasteiger partial charge in [0.15, 0.2) is 0 Å². The molecule has 2 heterocycles. The number of hydrogen-bond acceptors (Lipinski definition) is 5. The van der Waals surface area contributed by atoms with Gasteiger partial charge in [-0.1, -0.05) is 41.7 Å². The molecule has 0 saturated carbocycles. The number of aliphatic hydroxyl groups excluding tert-OH is 1. The van der Waals surface area contributed by atoms with Crippen molar-refractivity contribution in [1.82, 2.24) is 10.2 Å². The van der Waals surface area contributed by atoms with Crippen molar-refractivity contribution in [2.75, 3.05) is 18.0 Å². The fraction of sp³-hybridized carbons (Fsp3) is 0.385. The van der Waals surface area contributed by atoms with Crippen LogP contribution in [0.1, 0.15) is 12.8 Å². The molecular weight excluding hydrogens is 246 g/mol. The second-order valence-corrected chi connectivity index (χ2v) is 5.43. The van der Waals surface area contributed by atoms with Gasteiger partial charge in [-0.05, 0) is 12.8 Å². The number of hydrogen-bond donors (Lipinski definition) is 1. The zero-order chi connectivity index (χ0) is 12.4. The zero-order valence-corrected chi connectivity index (χ0v) is 10.8. The quantitative estimate of drug-likeness (QED) is 0.900. The van der Waals surface area contributed by atoms with E-state index in [1.165, 1.54) is 0 Å². The standard InChI is InChI=1S/C13H15N3OS/c17-11-6-8-16(9-7-11)13-15-14-12(18-13)10-4-2-1-3-5-10/h1-5,11,17H,6-9H2. The molecule has 0 amide bonds. The minimum atomic E-state index is -0.150. The third-order valence-corrected chi connectivity index (χ3v) is 4.20. The number of rotatable bonds is 2. The summed E-state index contributed by atoms with van der Waals surface area (Å²) in [5, 5.41) is 19.9. The Labute approximate surface area is 110 Å². The van der Waals surface area contributed by atoms with Gasteiger partial charge in [0.05, 0.1) is 6.10 Å². The number of nitrogens with zero attached hydrogens (tertiary/aromatic N) is 3. The Morgan fingerprint density at radius 3 is 2.56 bits per heavy atom. The van der Waals surface area contributed by atoms with E-state index in [9.17, 15) is 5.11 Å². The molecule has 0 bridgehead atoms. The highest BCUT2D eigenvalue weighted by Crippen LogP contribution is 2.29. The van der Waals surface area contributed by atoms with Crippen LogP contribution < -0.4 is 4.90 Å². The molecule has 5 heteroatoms. The van der Waals surface area contributed by atoms with Crippen molar-refractivity contribution in [3.8, 4) is 10.6 Å². The zero-order valence-electron chi connectivity index (χ0n) is 9.99.